The summed E-state index contributed by atoms with van der Waals surface area (Å²) in [5.74, 6) is -0.101. The molecule has 3 N–H and O–H groups in total. The molecule has 1 heterocycles. The first kappa shape index (κ1) is 20.2. The van der Waals surface area contributed by atoms with E-state index >= 15 is 0 Å². The van der Waals surface area contributed by atoms with Gasteiger partial charge < -0.3 is 11.1 Å². The highest BCUT2D eigenvalue weighted by atomic mass is 32.2. The van der Waals surface area contributed by atoms with Gasteiger partial charge in [-0.1, -0.05) is 60.7 Å². The van der Waals surface area contributed by atoms with Gasteiger partial charge in [-0.3, -0.25) is 4.79 Å². The van der Waals surface area contributed by atoms with E-state index in [4.69, 9.17) is 5.73 Å². The van der Waals surface area contributed by atoms with Crippen molar-refractivity contribution in [3.63, 3.8) is 0 Å². The molecule has 4 nitrogen and oxygen atoms in total. The van der Waals surface area contributed by atoms with Gasteiger partial charge >= 0.3 is 0 Å². The zero-order chi connectivity index (χ0) is 20.9. The Hall–Kier alpha value is -3.09. The minimum atomic E-state index is -0.404. The predicted molar refractivity (Wildman–Crippen MR) is 127 cm³/mol. The van der Waals surface area contributed by atoms with Crippen LogP contribution in [0.25, 0.3) is 11.3 Å². The molecule has 0 aliphatic rings. The van der Waals surface area contributed by atoms with Crippen LogP contribution in [0.4, 0.5) is 10.8 Å². The third kappa shape index (κ3) is 4.72. The summed E-state index contributed by atoms with van der Waals surface area (Å²) in [5.41, 5.74) is 9.38. The van der Waals surface area contributed by atoms with E-state index in [2.05, 4.69) is 10.3 Å². The van der Waals surface area contributed by atoms with Gasteiger partial charge in [-0.15, -0.1) is 23.1 Å². The molecule has 1 unspecified atom stereocenters. The van der Waals surface area contributed by atoms with Gasteiger partial charge in [0.25, 0.3) is 0 Å². The Kier molecular flexibility index (Phi) is 6.16. The molecule has 4 aromatic rings. The number of nitrogens with zero attached hydrogens (tertiary/aromatic N) is 1. The second kappa shape index (κ2) is 9.15. The molecule has 0 saturated carbocycles. The van der Waals surface area contributed by atoms with Crippen LogP contribution in [0, 0.1) is 6.92 Å². The average Bonchev–Trinajstić information content (AvgIpc) is 3.14. The second-order valence-electron chi connectivity index (χ2n) is 6.76. The summed E-state index contributed by atoms with van der Waals surface area (Å²) >= 11 is 2.98. The van der Waals surface area contributed by atoms with Crippen LogP contribution in [0.5, 0.6) is 0 Å². The number of aryl methyl sites for hydroxylation is 1. The summed E-state index contributed by atoms with van der Waals surface area (Å²) in [5, 5.41) is 3.23. The fourth-order valence-corrected chi connectivity index (χ4v) is 4.93. The zero-order valence-corrected chi connectivity index (χ0v) is 18.0. The number of carbonyl (C=O) groups is 1. The van der Waals surface area contributed by atoms with E-state index in [0.29, 0.717) is 10.8 Å². The number of nitrogens with one attached hydrogen (secondary N) is 1. The minimum Gasteiger partial charge on any atom is -0.399 e. The first-order valence-electron chi connectivity index (χ1n) is 9.51. The molecule has 4 rings (SSSR count). The topological polar surface area (TPSA) is 68.0 Å². The Labute approximate surface area is 184 Å². The van der Waals surface area contributed by atoms with E-state index in [1.54, 1.807) is 0 Å². The van der Waals surface area contributed by atoms with E-state index in [9.17, 15) is 4.79 Å². The van der Waals surface area contributed by atoms with E-state index in [0.717, 1.165) is 26.6 Å². The number of thioether (sulfide) groups is 1. The highest BCUT2D eigenvalue weighted by Crippen LogP contribution is 2.37. The number of aromatic nitrogens is 1. The smallest absolute Gasteiger partial charge is 0.244 e. The molecule has 0 fully saturated rings. The van der Waals surface area contributed by atoms with E-state index in [-0.39, 0.29) is 5.91 Å². The number of nitrogens with two attached hydrogens (primary N) is 1. The van der Waals surface area contributed by atoms with Crippen LogP contribution in [0.2, 0.25) is 0 Å². The van der Waals surface area contributed by atoms with E-state index in [1.807, 2.05) is 91.9 Å². The number of rotatable bonds is 6. The number of carbonyl (C=O) groups excluding carboxylic acids is 1. The Morgan fingerprint density at radius 1 is 0.967 bits per heavy atom. The molecule has 0 spiro atoms. The summed E-state index contributed by atoms with van der Waals surface area (Å²) in [6.45, 7) is 2.02. The van der Waals surface area contributed by atoms with Crippen LogP contribution in [-0.4, -0.2) is 10.9 Å². The van der Waals surface area contributed by atoms with Crippen molar-refractivity contribution in [3.05, 3.63) is 95.4 Å². The van der Waals surface area contributed by atoms with Crippen LogP contribution in [0.3, 0.4) is 0 Å². The first-order valence-corrected chi connectivity index (χ1v) is 11.2. The number of thiazole rings is 1. The Balaban J connectivity index is 1.58. The quantitative estimate of drug-likeness (QED) is 0.283. The maximum absolute atomic E-state index is 13.3. The summed E-state index contributed by atoms with van der Waals surface area (Å²) in [7, 11) is 0. The lowest BCUT2D eigenvalue weighted by Crippen LogP contribution is -2.18. The minimum absolute atomic E-state index is 0.101. The van der Waals surface area contributed by atoms with Gasteiger partial charge in [0.1, 0.15) is 5.25 Å². The zero-order valence-electron chi connectivity index (χ0n) is 16.4. The first-order chi connectivity index (χ1) is 14.6. The van der Waals surface area contributed by atoms with Gasteiger partial charge in [0, 0.05) is 21.0 Å². The molecule has 3 aromatic carbocycles. The largest absolute Gasteiger partial charge is 0.399 e. The van der Waals surface area contributed by atoms with Crippen LogP contribution >= 0.6 is 23.1 Å². The van der Waals surface area contributed by atoms with Gasteiger partial charge in [0.05, 0.1) is 5.69 Å². The highest BCUT2D eigenvalue weighted by molar-refractivity contribution is 8.00. The van der Waals surface area contributed by atoms with Crippen molar-refractivity contribution in [2.45, 2.75) is 17.1 Å². The van der Waals surface area contributed by atoms with E-state index < -0.39 is 5.25 Å². The fourth-order valence-electron chi connectivity index (χ4n) is 3.07. The van der Waals surface area contributed by atoms with Crippen LogP contribution in [0.1, 0.15) is 15.7 Å². The summed E-state index contributed by atoms with van der Waals surface area (Å²) in [6, 6.07) is 27.3. The number of anilines is 2. The van der Waals surface area contributed by atoms with Crippen molar-refractivity contribution < 1.29 is 4.79 Å². The summed E-state index contributed by atoms with van der Waals surface area (Å²) in [6.07, 6.45) is 0. The molecule has 0 saturated heterocycles. The second-order valence-corrected chi connectivity index (χ2v) is 9.14. The third-order valence-electron chi connectivity index (χ3n) is 4.55. The number of benzene rings is 3. The highest BCUT2D eigenvalue weighted by Gasteiger charge is 2.23. The van der Waals surface area contributed by atoms with Gasteiger partial charge in [-0.25, -0.2) is 4.98 Å². The van der Waals surface area contributed by atoms with Crippen LogP contribution in [-0.2, 0) is 4.79 Å². The van der Waals surface area contributed by atoms with Crippen molar-refractivity contribution >= 4 is 39.8 Å². The van der Waals surface area contributed by atoms with Gasteiger partial charge in [0.15, 0.2) is 5.13 Å². The fraction of sp³-hybridized carbons (Fsp3) is 0.0833. The van der Waals surface area contributed by atoms with E-state index in [1.165, 1.54) is 23.1 Å². The molecule has 0 aliphatic carbocycles. The molecular formula is C24H21N3OS2. The molecule has 150 valence electrons. The van der Waals surface area contributed by atoms with Crippen LogP contribution in [0.15, 0.2) is 89.8 Å². The van der Waals surface area contributed by atoms with Crippen molar-refractivity contribution in [3.8, 4) is 11.3 Å². The SMILES string of the molecule is Cc1sc(NC(=O)C(Sc2ccc(N)cc2)c2ccccc2)nc1-c1ccccc1. The lowest BCUT2D eigenvalue weighted by molar-refractivity contribution is -0.115. The molecule has 1 amide bonds. The van der Waals surface area contributed by atoms with Crippen LogP contribution < -0.4 is 11.1 Å². The van der Waals surface area contributed by atoms with Gasteiger partial charge in [-0.05, 0) is 36.8 Å². The van der Waals surface area contributed by atoms with Gasteiger partial charge in [0.2, 0.25) is 5.91 Å². The molecule has 0 aliphatic heterocycles. The lowest BCUT2D eigenvalue weighted by Gasteiger charge is -2.16. The maximum Gasteiger partial charge on any atom is 0.244 e. The maximum atomic E-state index is 13.3. The lowest BCUT2D eigenvalue weighted by atomic mass is 10.1. The molecule has 1 atom stereocenters. The monoisotopic (exact) mass is 431 g/mol. The molecule has 1 aromatic heterocycles. The Morgan fingerprint density at radius 3 is 2.27 bits per heavy atom. The number of nitrogen functional groups attached to an aromatic ring is 1. The molecule has 6 heteroatoms. The Bertz CT molecular complexity index is 1130. The standard InChI is InChI=1S/C24H21N3OS2/c1-16-21(17-8-4-2-5-9-17)26-24(29-16)27-23(28)22(18-10-6-3-7-11-18)30-20-14-12-19(25)13-15-20/h2-15,22H,25H2,1H3,(H,26,27,28). The normalized spacial score (nSPS) is 11.8. The molecule has 0 bridgehead atoms. The average molecular weight is 432 g/mol. The summed E-state index contributed by atoms with van der Waals surface area (Å²) in [4.78, 5) is 20.0. The Morgan fingerprint density at radius 2 is 1.60 bits per heavy atom. The number of amides is 1. The van der Waals surface area contributed by atoms with Crippen molar-refractivity contribution in [1.29, 1.82) is 0 Å². The molecule has 0 radical (unpaired) electrons. The predicted octanol–water partition coefficient (Wildman–Crippen LogP) is 6.17. The number of hydrogen-bond acceptors (Lipinski definition) is 5. The summed E-state index contributed by atoms with van der Waals surface area (Å²) < 4.78 is 0. The van der Waals surface area contributed by atoms with Gasteiger partial charge in [-0.2, -0.15) is 0 Å². The van der Waals surface area contributed by atoms with Crippen molar-refractivity contribution in [1.82, 2.24) is 4.98 Å². The van der Waals surface area contributed by atoms with Crippen molar-refractivity contribution in [2.75, 3.05) is 11.1 Å². The molecular weight excluding hydrogens is 410 g/mol. The molecule has 30 heavy (non-hydrogen) atoms. The third-order valence-corrected chi connectivity index (χ3v) is 6.70. The number of hydrogen-bond donors (Lipinski definition) is 2. The van der Waals surface area contributed by atoms with Crippen molar-refractivity contribution in [2.24, 2.45) is 0 Å².